The molecule has 0 saturated heterocycles. The molecule has 0 aliphatic heterocycles. The minimum atomic E-state index is -0.689. The zero-order valence-corrected chi connectivity index (χ0v) is 14.5. The first-order chi connectivity index (χ1) is 12.4. The normalized spacial score (nSPS) is 10.1. The molecule has 0 saturated carbocycles. The van der Waals surface area contributed by atoms with Gasteiger partial charge in [-0.05, 0) is 24.3 Å². The number of methoxy groups -OCH3 is 1. The molecule has 136 valence electrons. The van der Waals surface area contributed by atoms with Gasteiger partial charge < -0.3 is 14.8 Å². The molecule has 0 radical (unpaired) electrons. The molecule has 0 spiro atoms. The number of nitrogens with zero attached hydrogens (tertiary/aromatic N) is 1. The fraction of sp³-hybridized carbons (Fsp3) is 0.176. The number of amides is 1. The van der Waals surface area contributed by atoms with Crippen LogP contribution in [0.4, 0.5) is 11.4 Å². The summed E-state index contributed by atoms with van der Waals surface area (Å²) in [6.07, 6.45) is -0.136. The van der Waals surface area contributed by atoms with Crippen molar-refractivity contribution in [3.8, 4) is 5.75 Å². The van der Waals surface area contributed by atoms with E-state index < -0.39 is 23.4 Å². The van der Waals surface area contributed by atoms with Crippen LogP contribution in [0.25, 0.3) is 0 Å². The number of carbonyl (C=O) groups excluding carboxylic acids is 2. The maximum absolute atomic E-state index is 11.9. The molecule has 1 N–H and O–H groups in total. The van der Waals surface area contributed by atoms with Crippen molar-refractivity contribution in [1.82, 2.24) is 0 Å². The van der Waals surface area contributed by atoms with Gasteiger partial charge in [-0.3, -0.25) is 19.7 Å². The van der Waals surface area contributed by atoms with E-state index in [0.29, 0.717) is 16.3 Å². The van der Waals surface area contributed by atoms with Gasteiger partial charge in [0.05, 0.1) is 18.5 Å². The topological polar surface area (TPSA) is 108 Å². The third-order valence-corrected chi connectivity index (χ3v) is 3.55. The summed E-state index contributed by atoms with van der Waals surface area (Å²) in [6.45, 7) is -0.576. The molecule has 0 bridgehead atoms. The van der Waals surface area contributed by atoms with Crippen LogP contribution in [0.15, 0.2) is 42.5 Å². The van der Waals surface area contributed by atoms with Crippen LogP contribution in [-0.2, 0) is 20.7 Å². The number of hydrogen-bond donors (Lipinski definition) is 1. The van der Waals surface area contributed by atoms with E-state index in [1.165, 1.54) is 25.3 Å². The van der Waals surface area contributed by atoms with Crippen molar-refractivity contribution in [2.24, 2.45) is 0 Å². The number of ether oxygens (including phenoxy) is 2. The third kappa shape index (κ3) is 5.18. The molecule has 1 amide bonds. The van der Waals surface area contributed by atoms with Crippen molar-refractivity contribution in [2.75, 3.05) is 19.0 Å². The van der Waals surface area contributed by atoms with E-state index in [1.54, 1.807) is 24.3 Å². The molecule has 0 aliphatic rings. The Hall–Kier alpha value is -3.13. The lowest BCUT2D eigenvalue weighted by atomic mass is 10.1. The standard InChI is InChI=1S/C17H15ClN2O6/c1-25-15-7-6-12(18)8-11(15)9-17(22)26-10-16(21)19-13-4-2-3-5-14(13)20(23)24/h2-8H,9-10H2,1H3,(H,19,21). The first-order valence-corrected chi connectivity index (χ1v) is 7.80. The van der Waals surface area contributed by atoms with Crippen LogP contribution >= 0.6 is 11.6 Å². The fourth-order valence-electron chi connectivity index (χ4n) is 2.16. The summed E-state index contributed by atoms with van der Waals surface area (Å²) in [7, 11) is 1.46. The second-order valence-electron chi connectivity index (χ2n) is 5.12. The average Bonchev–Trinajstić information content (AvgIpc) is 2.60. The van der Waals surface area contributed by atoms with Gasteiger partial charge in [-0.1, -0.05) is 23.7 Å². The highest BCUT2D eigenvalue weighted by atomic mass is 35.5. The van der Waals surface area contributed by atoms with E-state index in [1.807, 2.05) is 0 Å². The summed E-state index contributed by atoms with van der Waals surface area (Å²) < 4.78 is 10.0. The predicted molar refractivity (Wildman–Crippen MR) is 94.4 cm³/mol. The van der Waals surface area contributed by atoms with Crippen LogP contribution in [0.3, 0.4) is 0 Å². The summed E-state index contributed by atoms with van der Waals surface area (Å²) >= 11 is 5.89. The summed E-state index contributed by atoms with van der Waals surface area (Å²) in [5, 5.41) is 13.7. The van der Waals surface area contributed by atoms with Gasteiger partial charge in [0.15, 0.2) is 6.61 Å². The van der Waals surface area contributed by atoms with E-state index >= 15 is 0 Å². The maximum Gasteiger partial charge on any atom is 0.310 e. The lowest BCUT2D eigenvalue weighted by molar-refractivity contribution is -0.383. The molecule has 0 aromatic heterocycles. The van der Waals surface area contributed by atoms with Crippen molar-refractivity contribution in [3.63, 3.8) is 0 Å². The van der Waals surface area contributed by atoms with Crippen LogP contribution in [-0.4, -0.2) is 30.5 Å². The highest BCUT2D eigenvalue weighted by Gasteiger charge is 2.16. The zero-order valence-electron chi connectivity index (χ0n) is 13.7. The molecule has 2 aromatic rings. The number of rotatable bonds is 7. The fourth-order valence-corrected chi connectivity index (χ4v) is 2.36. The van der Waals surface area contributed by atoms with Crippen molar-refractivity contribution in [3.05, 3.63) is 63.2 Å². The zero-order chi connectivity index (χ0) is 19.1. The lowest BCUT2D eigenvalue weighted by Crippen LogP contribution is -2.22. The van der Waals surface area contributed by atoms with Crippen LogP contribution < -0.4 is 10.1 Å². The maximum atomic E-state index is 11.9. The molecule has 2 rings (SSSR count). The number of para-hydroxylation sites is 2. The number of nitro groups is 1. The van der Waals surface area contributed by atoms with Gasteiger partial charge in [0.2, 0.25) is 0 Å². The number of hydrogen-bond acceptors (Lipinski definition) is 6. The van der Waals surface area contributed by atoms with Gasteiger partial charge in [0.1, 0.15) is 11.4 Å². The SMILES string of the molecule is COc1ccc(Cl)cc1CC(=O)OCC(=O)Nc1ccccc1[N+](=O)[O-]. The molecule has 8 nitrogen and oxygen atoms in total. The number of nitro benzene ring substituents is 1. The first kappa shape index (κ1) is 19.2. The average molecular weight is 379 g/mol. The summed E-state index contributed by atoms with van der Waals surface area (Å²) in [6, 6.07) is 10.5. The minimum Gasteiger partial charge on any atom is -0.496 e. The van der Waals surface area contributed by atoms with Crippen molar-refractivity contribution < 1.29 is 24.0 Å². The second kappa shape index (κ2) is 8.82. The third-order valence-electron chi connectivity index (χ3n) is 3.32. The van der Waals surface area contributed by atoms with Gasteiger partial charge in [0.25, 0.3) is 11.6 Å². The number of nitrogens with one attached hydrogen (secondary N) is 1. The molecule has 0 aliphatic carbocycles. The van der Waals surface area contributed by atoms with E-state index in [4.69, 9.17) is 21.1 Å². The van der Waals surface area contributed by atoms with Crippen LogP contribution in [0.1, 0.15) is 5.56 Å². The monoisotopic (exact) mass is 378 g/mol. The predicted octanol–water partition coefficient (Wildman–Crippen LogP) is 2.98. The van der Waals surface area contributed by atoms with E-state index in [0.717, 1.165) is 0 Å². The largest absolute Gasteiger partial charge is 0.496 e. The molecule has 9 heteroatoms. The quantitative estimate of drug-likeness (QED) is 0.451. The smallest absolute Gasteiger partial charge is 0.310 e. The Morgan fingerprint density at radius 3 is 2.65 bits per heavy atom. The molecule has 0 fully saturated rings. The van der Waals surface area contributed by atoms with E-state index in [-0.39, 0.29) is 17.8 Å². The van der Waals surface area contributed by atoms with Crippen LogP contribution in [0.5, 0.6) is 5.75 Å². The lowest BCUT2D eigenvalue weighted by Gasteiger charge is -2.09. The van der Waals surface area contributed by atoms with Crippen LogP contribution in [0, 0.1) is 10.1 Å². The van der Waals surface area contributed by atoms with Crippen molar-refractivity contribution in [1.29, 1.82) is 0 Å². The second-order valence-corrected chi connectivity index (χ2v) is 5.55. The number of benzene rings is 2. The first-order valence-electron chi connectivity index (χ1n) is 7.42. The van der Waals surface area contributed by atoms with Gasteiger partial charge in [-0.25, -0.2) is 0 Å². The Balaban J connectivity index is 1.93. The van der Waals surface area contributed by atoms with Crippen LogP contribution in [0.2, 0.25) is 5.02 Å². The minimum absolute atomic E-state index is 0.0232. The molecule has 0 atom stereocenters. The Morgan fingerprint density at radius 2 is 1.96 bits per heavy atom. The number of carbonyl (C=O) groups is 2. The van der Waals surface area contributed by atoms with E-state index in [9.17, 15) is 19.7 Å². The summed E-state index contributed by atoms with van der Waals surface area (Å²) in [5.74, 6) is -0.885. The number of halogens is 1. The van der Waals surface area contributed by atoms with Crippen molar-refractivity contribution in [2.45, 2.75) is 6.42 Å². The summed E-state index contributed by atoms with van der Waals surface area (Å²) in [4.78, 5) is 34.1. The van der Waals surface area contributed by atoms with Gasteiger partial charge in [0, 0.05) is 16.7 Å². The number of esters is 1. The van der Waals surface area contributed by atoms with Gasteiger partial charge in [-0.2, -0.15) is 0 Å². The summed E-state index contributed by atoms with van der Waals surface area (Å²) in [5.41, 5.74) is 0.287. The molecular weight excluding hydrogens is 364 g/mol. The molecule has 0 heterocycles. The Kier molecular flexibility index (Phi) is 6.51. The van der Waals surface area contributed by atoms with Crippen molar-refractivity contribution >= 4 is 34.9 Å². The highest BCUT2D eigenvalue weighted by Crippen LogP contribution is 2.24. The molecule has 2 aromatic carbocycles. The van der Waals surface area contributed by atoms with E-state index in [2.05, 4.69) is 5.32 Å². The molecular formula is C17H15ClN2O6. The molecule has 26 heavy (non-hydrogen) atoms. The van der Waals surface area contributed by atoms with Gasteiger partial charge in [-0.15, -0.1) is 0 Å². The Labute approximate surface area is 153 Å². The Bertz CT molecular complexity index is 840. The Morgan fingerprint density at radius 1 is 1.23 bits per heavy atom. The highest BCUT2D eigenvalue weighted by molar-refractivity contribution is 6.30. The molecule has 0 unspecified atom stereocenters. The van der Waals surface area contributed by atoms with Gasteiger partial charge >= 0.3 is 5.97 Å². The number of anilines is 1.